The van der Waals surface area contributed by atoms with Crippen LogP contribution in [0.5, 0.6) is 0 Å². The summed E-state index contributed by atoms with van der Waals surface area (Å²) in [6.45, 7) is 5.60. The minimum atomic E-state index is -0.669. The molecule has 110 valence electrons. The summed E-state index contributed by atoms with van der Waals surface area (Å²) in [7, 11) is 0. The normalized spacial score (nSPS) is 25.2. The number of carbonyl (C=O) groups is 1. The SMILES string of the molecule is CC(C)C1(O)CN(C(=O)CC2(CN)CCCCC2)C1. The van der Waals surface area contributed by atoms with Crippen molar-refractivity contribution in [1.82, 2.24) is 4.90 Å². The van der Waals surface area contributed by atoms with E-state index in [1.807, 2.05) is 13.8 Å². The van der Waals surface area contributed by atoms with Crippen molar-refractivity contribution in [2.75, 3.05) is 19.6 Å². The Morgan fingerprint density at radius 3 is 2.32 bits per heavy atom. The van der Waals surface area contributed by atoms with Crippen LogP contribution in [-0.2, 0) is 4.79 Å². The molecule has 0 bridgehead atoms. The van der Waals surface area contributed by atoms with Crippen molar-refractivity contribution in [2.45, 2.75) is 58.0 Å². The van der Waals surface area contributed by atoms with Gasteiger partial charge in [0.2, 0.25) is 5.91 Å². The third-order valence-electron chi connectivity index (χ3n) is 5.23. The number of β-amino-alcohol motifs (C(OH)–C–C–N with tert-alkyl or cyclic N) is 1. The molecule has 19 heavy (non-hydrogen) atoms. The quantitative estimate of drug-likeness (QED) is 0.812. The van der Waals surface area contributed by atoms with Gasteiger partial charge in [0.1, 0.15) is 5.60 Å². The first-order valence-corrected chi connectivity index (χ1v) is 7.61. The van der Waals surface area contributed by atoms with Crippen molar-refractivity contribution < 1.29 is 9.90 Å². The minimum absolute atomic E-state index is 0.0286. The highest BCUT2D eigenvalue weighted by atomic mass is 16.3. The van der Waals surface area contributed by atoms with Gasteiger partial charge in [-0.3, -0.25) is 4.79 Å². The third kappa shape index (κ3) is 2.95. The highest BCUT2D eigenvalue weighted by Crippen LogP contribution is 2.40. The molecule has 0 unspecified atom stereocenters. The average Bonchev–Trinajstić information content (AvgIpc) is 2.35. The van der Waals surface area contributed by atoms with Crippen LogP contribution in [0.3, 0.4) is 0 Å². The van der Waals surface area contributed by atoms with E-state index in [4.69, 9.17) is 5.73 Å². The molecule has 1 amide bonds. The fraction of sp³-hybridized carbons (Fsp3) is 0.933. The summed E-state index contributed by atoms with van der Waals surface area (Å²) in [5.41, 5.74) is 5.29. The van der Waals surface area contributed by atoms with Crippen LogP contribution in [0.25, 0.3) is 0 Å². The highest BCUT2D eigenvalue weighted by Gasteiger charge is 2.47. The monoisotopic (exact) mass is 268 g/mol. The second-order valence-electron chi connectivity index (χ2n) is 6.95. The van der Waals surface area contributed by atoms with Crippen LogP contribution in [-0.4, -0.2) is 41.1 Å². The van der Waals surface area contributed by atoms with Gasteiger partial charge in [0, 0.05) is 6.42 Å². The average molecular weight is 268 g/mol. The molecule has 1 aliphatic heterocycles. The van der Waals surface area contributed by atoms with Gasteiger partial charge >= 0.3 is 0 Å². The molecule has 1 heterocycles. The Morgan fingerprint density at radius 1 is 1.26 bits per heavy atom. The number of rotatable bonds is 4. The first-order valence-electron chi connectivity index (χ1n) is 7.61. The van der Waals surface area contributed by atoms with Crippen LogP contribution >= 0.6 is 0 Å². The maximum atomic E-state index is 12.3. The zero-order chi connectivity index (χ0) is 14.1. The summed E-state index contributed by atoms with van der Waals surface area (Å²) in [6, 6.07) is 0. The Kier molecular flexibility index (Phi) is 4.21. The number of carbonyl (C=O) groups excluding carboxylic acids is 1. The zero-order valence-electron chi connectivity index (χ0n) is 12.3. The molecule has 0 radical (unpaired) electrons. The largest absolute Gasteiger partial charge is 0.386 e. The van der Waals surface area contributed by atoms with Crippen LogP contribution in [0.4, 0.5) is 0 Å². The van der Waals surface area contributed by atoms with Crippen molar-refractivity contribution in [3.63, 3.8) is 0 Å². The summed E-state index contributed by atoms with van der Waals surface area (Å²) < 4.78 is 0. The maximum absolute atomic E-state index is 12.3. The molecule has 1 aliphatic carbocycles. The second-order valence-corrected chi connectivity index (χ2v) is 6.95. The molecule has 2 fully saturated rings. The highest BCUT2D eigenvalue weighted by molar-refractivity contribution is 5.78. The van der Waals surface area contributed by atoms with Gasteiger partial charge in [0.25, 0.3) is 0 Å². The predicted octanol–water partition coefficient (Wildman–Crippen LogP) is 1.51. The van der Waals surface area contributed by atoms with Gasteiger partial charge in [0.15, 0.2) is 0 Å². The van der Waals surface area contributed by atoms with Crippen molar-refractivity contribution in [3.8, 4) is 0 Å². The van der Waals surface area contributed by atoms with E-state index in [1.54, 1.807) is 4.90 Å². The summed E-state index contributed by atoms with van der Waals surface area (Å²) in [5, 5.41) is 10.2. The van der Waals surface area contributed by atoms with Crippen LogP contribution in [0.1, 0.15) is 52.4 Å². The number of hydrogen-bond acceptors (Lipinski definition) is 3. The molecule has 4 nitrogen and oxygen atoms in total. The third-order valence-corrected chi connectivity index (χ3v) is 5.23. The van der Waals surface area contributed by atoms with E-state index in [0.29, 0.717) is 26.1 Å². The van der Waals surface area contributed by atoms with Gasteiger partial charge in [-0.2, -0.15) is 0 Å². The van der Waals surface area contributed by atoms with Crippen LogP contribution in [0.15, 0.2) is 0 Å². The van der Waals surface area contributed by atoms with Crippen LogP contribution < -0.4 is 5.73 Å². The van der Waals surface area contributed by atoms with E-state index in [9.17, 15) is 9.90 Å². The molecule has 1 saturated carbocycles. The molecule has 0 atom stereocenters. The van der Waals surface area contributed by atoms with E-state index in [-0.39, 0.29) is 17.2 Å². The summed E-state index contributed by atoms with van der Waals surface area (Å²) in [5.74, 6) is 0.382. The van der Waals surface area contributed by atoms with E-state index < -0.39 is 5.60 Å². The number of nitrogens with two attached hydrogens (primary N) is 1. The maximum Gasteiger partial charge on any atom is 0.223 e. The summed E-state index contributed by atoms with van der Waals surface area (Å²) in [6.07, 6.45) is 6.39. The van der Waals surface area contributed by atoms with Crippen LogP contribution in [0, 0.1) is 11.3 Å². The first kappa shape index (κ1) is 14.8. The van der Waals surface area contributed by atoms with Crippen LogP contribution in [0.2, 0.25) is 0 Å². The minimum Gasteiger partial charge on any atom is -0.386 e. The van der Waals surface area contributed by atoms with Gasteiger partial charge in [-0.15, -0.1) is 0 Å². The van der Waals surface area contributed by atoms with Crippen molar-refractivity contribution >= 4 is 5.91 Å². The first-order chi connectivity index (χ1) is 8.91. The molecule has 0 spiro atoms. The van der Waals surface area contributed by atoms with E-state index in [0.717, 1.165) is 12.8 Å². The Balaban J connectivity index is 1.88. The zero-order valence-corrected chi connectivity index (χ0v) is 12.3. The predicted molar refractivity (Wildman–Crippen MR) is 75.6 cm³/mol. The molecule has 0 aromatic rings. The smallest absolute Gasteiger partial charge is 0.223 e. The standard InChI is InChI=1S/C15H28N2O2/c1-12(2)15(19)10-17(11-15)13(18)8-14(9-16)6-4-3-5-7-14/h12,19H,3-11,16H2,1-2H3. The fourth-order valence-corrected chi connectivity index (χ4v) is 3.34. The molecule has 3 N–H and O–H groups in total. The molecular formula is C15H28N2O2. The number of nitrogens with zero attached hydrogens (tertiary/aromatic N) is 1. The van der Waals surface area contributed by atoms with Crippen molar-refractivity contribution in [1.29, 1.82) is 0 Å². The van der Waals surface area contributed by atoms with Crippen molar-refractivity contribution in [2.24, 2.45) is 17.1 Å². The second kappa shape index (κ2) is 5.41. The molecule has 1 saturated heterocycles. The fourth-order valence-electron chi connectivity index (χ4n) is 3.34. The lowest BCUT2D eigenvalue weighted by Gasteiger charge is -2.50. The lowest BCUT2D eigenvalue weighted by molar-refractivity contribution is -0.166. The Bertz CT molecular complexity index is 329. The lowest BCUT2D eigenvalue weighted by atomic mass is 9.71. The van der Waals surface area contributed by atoms with Gasteiger partial charge in [-0.25, -0.2) is 0 Å². The van der Waals surface area contributed by atoms with Gasteiger partial charge in [0.05, 0.1) is 13.1 Å². The van der Waals surface area contributed by atoms with Crippen molar-refractivity contribution in [3.05, 3.63) is 0 Å². The summed E-state index contributed by atoms with van der Waals surface area (Å²) in [4.78, 5) is 14.1. The van der Waals surface area contributed by atoms with Gasteiger partial charge < -0.3 is 15.7 Å². The molecule has 4 heteroatoms. The van der Waals surface area contributed by atoms with Gasteiger partial charge in [-0.1, -0.05) is 33.1 Å². The number of hydrogen-bond donors (Lipinski definition) is 2. The lowest BCUT2D eigenvalue weighted by Crippen LogP contribution is -2.66. The van der Waals surface area contributed by atoms with E-state index in [2.05, 4.69) is 0 Å². The summed E-state index contributed by atoms with van der Waals surface area (Å²) >= 11 is 0. The number of likely N-dealkylation sites (tertiary alicyclic amines) is 1. The van der Waals surface area contributed by atoms with E-state index >= 15 is 0 Å². The van der Waals surface area contributed by atoms with E-state index in [1.165, 1.54) is 19.3 Å². The molecule has 0 aromatic heterocycles. The number of aliphatic hydroxyl groups is 1. The molecular weight excluding hydrogens is 240 g/mol. The Morgan fingerprint density at radius 2 is 1.84 bits per heavy atom. The molecule has 2 rings (SSSR count). The Labute approximate surface area is 116 Å². The number of amides is 1. The molecule has 2 aliphatic rings. The topological polar surface area (TPSA) is 66.6 Å². The van der Waals surface area contributed by atoms with Gasteiger partial charge in [-0.05, 0) is 30.7 Å². The Hall–Kier alpha value is -0.610. The molecule has 0 aromatic carbocycles.